The first kappa shape index (κ1) is 18.1. The summed E-state index contributed by atoms with van der Waals surface area (Å²) in [6.45, 7) is 4.13. The van der Waals surface area contributed by atoms with Crippen LogP contribution in [0.1, 0.15) is 19.8 Å². The van der Waals surface area contributed by atoms with Crippen molar-refractivity contribution in [2.75, 3.05) is 40.4 Å². The third-order valence-corrected chi connectivity index (χ3v) is 5.45. The summed E-state index contributed by atoms with van der Waals surface area (Å²) >= 11 is 0. The number of nitrogens with zero attached hydrogens (tertiary/aromatic N) is 1. The van der Waals surface area contributed by atoms with E-state index >= 15 is 0 Å². The van der Waals surface area contributed by atoms with E-state index < -0.39 is 15.3 Å². The summed E-state index contributed by atoms with van der Waals surface area (Å²) in [5, 5.41) is 2.66. The SMILES string of the molecule is CNCC1CCCN(S(=O)(=O)C(C)COC)C1.Cl. The molecule has 0 radical (unpaired) electrons. The van der Waals surface area contributed by atoms with Crippen LogP contribution in [0.25, 0.3) is 0 Å². The molecule has 110 valence electrons. The van der Waals surface area contributed by atoms with Crippen molar-refractivity contribution in [2.24, 2.45) is 5.92 Å². The zero-order chi connectivity index (χ0) is 12.9. The summed E-state index contributed by atoms with van der Waals surface area (Å²) in [6, 6.07) is 0. The Balaban J connectivity index is 0.00000289. The summed E-state index contributed by atoms with van der Waals surface area (Å²) in [5.74, 6) is 0.429. The molecule has 0 amide bonds. The van der Waals surface area contributed by atoms with Crippen LogP contribution in [0.5, 0.6) is 0 Å². The molecular weight excluding hydrogens is 276 g/mol. The van der Waals surface area contributed by atoms with Gasteiger partial charge in [0.05, 0.1) is 11.9 Å². The second-order valence-electron chi connectivity index (χ2n) is 4.73. The first-order chi connectivity index (χ1) is 8.02. The number of ether oxygens (including phenoxy) is 1. The molecule has 0 aliphatic carbocycles. The fourth-order valence-corrected chi connectivity index (χ4v) is 3.91. The Bertz CT molecular complexity index is 322. The van der Waals surface area contributed by atoms with Crippen molar-refractivity contribution in [3.05, 3.63) is 0 Å². The Morgan fingerprint density at radius 3 is 2.72 bits per heavy atom. The van der Waals surface area contributed by atoms with Gasteiger partial charge < -0.3 is 10.1 Å². The Morgan fingerprint density at radius 1 is 1.50 bits per heavy atom. The first-order valence-corrected chi connectivity index (χ1v) is 7.65. The quantitative estimate of drug-likeness (QED) is 0.785. The van der Waals surface area contributed by atoms with E-state index in [4.69, 9.17) is 4.74 Å². The molecule has 2 atom stereocenters. The predicted octanol–water partition coefficient (Wildman–Crippen LogP) is 0.704. The van der Waals surface area contributed by atoms with E-state index in [2.05, 4.69) is 5.32 Å². The summed E-state index contributed by atoms with van der Waals surface area (Å²) in [5.41, 5.74) is 0. The molecule has 1 aliphatic rings. The monoisotopic (exact) mass is 300 g/mol. The highest BCUT2D eigenvalue weighted by molar-refractivity contribution is 7.89. The fraction of sp³-hybridized carbons (Fsp3) is 1.00. The minimum Gasteiger partial charge on any atom is -0.383 e. The van der Waals surface area contributed by atoms with E-state index in [0.717, 1.165) is 19.4 Å². The molecule has 1 saturated heterocycles. The van der Waals surface area contributed by atoms with E-state index in [0.29, 0.717) is 19.0 Å². The molecule has 7 heteroatoms. The molecule has 0 aromatic rings. The van der Waals surface area contributed by atoms with Crippen LogP contribution in [0.15, 0.2) is 0 Å². The maximum atomic E-state index is 12.3. The van der Waals surface area contributed by atoms with Crippen LogP contribution in [-0.2, 0) is 14.8 Å². The van der Waals surface area contributed by atoms with Crippen LogP contribution in [-0.4, -0.2) is 58.4 Å². The van der Waals surface area contributed by atoms with Crippen LogP contribution < -0.4 is 5.32 Å². The average molecular weight is 301 g/mol. The second-order valence-corrected chi connectivity index (χ2v) is 7.09. The van der Waals surface area contributed by atoms with Gasteiger partial charge in [-0.2, -0.15) is 0 Å². The number of sulfonamides is 1. The molecule has 5 nitrogen and oxygen atoms in total. The molecule has 1 N–H and O–H groups in total. The van der Waals surface area contributed by atoms with Gasteiger partial charge in [-0.15, -0.1) is 12.4 Å². The molecule has 0 bridgehead atoms. The molecule has 1 heterocycles. The molecule has 18 heavy (non-hydrogen) atoms. The Kier molecular flexibility index (Phi) is 8.38. The number of piperidine rings is 1. The lowest BCUT2D eigenvalue weighted by Gasteiger charge is -2.33. The standard InChI is InChI=1S/C11H24N2O3S.ClH/c1-10(9-16-3)17(14,15)13-6-4-5-11(8-13)7-12-2;/h10-12H,4-9H2,1-3H3;1H. The minimum atomic E-state index is -3.19. The average Bonchev–Trinajstić information content (AvgIpc) is 2.30. The maximum absolute atomic E-state index is 12.3. The summed E-state index contributed by atoms with van der Waals surface area (Å²) < 4.78 is 31.1. The van der Waals surface area contributed by atoms with Crippen molar-refractivity contribution in [1.82, 2.24) is 9.62 Å². The van der Waals surface area contributed by atoms with Gasteiger partial charge in [0.2, 0.25) is 10.0 Å². The Hall–Kier alpha value is 0.120. The van der Waals surface area contributed by atoms with Crippen molar-refractivity contribution in [3.8, 4) is 0 Å². The molecule has 1 aliphatic heterocycles. The van der Waals surface area contributed by atoms with Gasteiger partial charge in [0, 0.05) is 20.2 Å². The number of hydrogen-bond donors (Lipinski definition) is 1. The zero-order valence-electron chi connectivity index (χ0n) is 11.4. The number of rotatable bonds is 6. The lowest BCUT2D eigenvalue weighted by atomic mass is 10.00. The number of nitrogens with one attached hydrogen (secondary N) is 1. The number of halogens is 1. The van der Waals surface area contributed by atoms with Gasteiger partial charge in [0.15, 0.2) is 0 Å². The summed E-state index contributed by atoms with van der Waals surface area (Å²) in [6.07, 6.45) is 2.05. The lowest BCUT2D eigenvalue weighted by molar-refractivity contribution is 0.195. The van der Waals surface area contributed by atoms with Crippen LogP contribution in [0.4, 0.5) is 0 Å². The third-order valence-electron chi connectivity index (χ3n) is 3.24. The van der Waals surface area contributed by atoms with Gasteiger partial charge in [0.1, 0.15) is 0 Å². The van der Waals surface area contributed by atoms with Crippen molar-refractivity contribution >= 4 is 22.4 Å². The van der Waals surface area contributed by atoms with Crippen LogP contribution in [0.2, 0.25) is 0 Å². The number of hydrogen-bond acceptors (Lipinski definition) is 4. The van der Waals surface area contributed by atoms with Gasteiger partial charge in [-0.1, -0.05) is 0 Å². The van der Waals surface area contributed by atoms with Gasteiger partial charge in [-0.25, -0.2) is 12.7 Å². The maximum Gasteiger partial charge on any atom is 0.218 e. The Labute approximate surface area is 117 Å². The van der Waals surface area contributed by atoms with Gasteiger partial charge >= 0.3 is 0 Å². The smallest absolute Gasteiger partial charge is 0.218 e. The molecule has 0 spiro atoms. The molecule has 1 fully saturated rings. The highest BCUT2D eigenvalue weighted by atomic mass is 35.5. The van der Waals surface area contributed by atoms with E-state index in [-0.39, 0.29) is 19.0 Å². The largest absolute Gasteiger partial charge is 0.383 e. The van der Waals surface area contributed by atoms with Crippen LogP contribution in [0.3, 0.4) is 0 Å². The molecular formula is C11H25ClN2O3S. The summed E-state index contributed by atoms with van der Waals surface area (Å²) in [7, 11) is 0.243. The normalized spacial score (nSPS) is 23.4. The van der Waals surface area contributed by atoms with Crippen molar-refractivity contribution < 1.29 is 13.2 Å². The molecule has 2 unspecified atom stereocenters. The zero-order valence-corrected chi connectivity index (χ0v) is 13.0. The van der Waals surface area contributed by atoms with Crippen molar-refractivity contribution in [3.63, 3.8) is 0 Å². The van der Waals surface area contributed by atoms with E-state index in [1.54, 1.807) is 11.2 Å². The topological polar surface area (TPSA) is 58.6 Å². The first-order valence-electron chi connectivity index (χ1n) is 6.14. The Morgan fingerprint density at radius 2 is 2.17 bits per heavy atom. The van der Waals surface area contributed by atoms with E-state index in [1.165, 1.54) is 7.11 Å². The third kappa shape index (κ3) is 4.66. The van der Waals surface area contributed by atoms with Crippen molar-refractivity contribution in [2.45, 2.75) is 25.0 Å². The molecule has 1 rings (SSSR count). The van der Waals surface area contributed by atoms with E-state index in [9.17, 15) is 8.42 Å². The highest BCUT2D eigenvalue weighted by Crippen LogP contribution is 2.21. The molecule has 0 saturated carbocycles. The van der Waals surface area contributed by atoms with Gasteiger partial charge in [-0.05, 0) is 39.3 Å². The van der Waals surface area contributed by atoms with Gasteiger partial charge in [-0.3, -0.25) is 0 Å². The van der Waals surface area contributed by atoms with Crippen LogP contribution in [0, 0.1) is 5.92 Å². The summed E-state index contributed by atoms with van der Waals surface area (Å²) in [4.78, 5) is 0. The van der Waals surface area contributed by atoms with Crippen LogP contribution >= 0.6 is 12.4 Å². The van der Waals surface area contributed by atoms with Gasteiger partial charge in [0.25, 0.3) is 0 Å². The fourth-order valence-electron chi connectivity index (χ4n) is 2.29. The highest BCUT2D eigenvalue weighted by Gasteiger charge is 2.32. The lowest BCUT2D eigenvalue weighted by Crippen LogP contribution is -2.46. The predicted molar refractivity (Wildman–Crippen MR) is 75.7 cm³/mol. The number of methoxy groups -OCH3 is 1. The van der Waals surface area contributed by atoms with E-state index in [1.807, 2.05) is 7.05 Å². The molecule has 0 aromatic carbocycles. The second kappa shape index (κ2) is 8.32. The van der Waals surface area contributed by atoms with Crippen molar-refractivity contribution in [1.29, 1.82) is 0 Å². The molecule has 0 aromatic heterocycles. The minimum absolute atomic E-state index is 0.